The van der Waals surface area contributed by atoms with E-state index in [0.29, 0.717) is 0 Å². The van der Waals surface area contributed by atoms with E-state index >= 15 is 0 Å². The summed E-state index contributed by atoms with van der Waals surface area (Å²) in [5.74, 6) is 1.53. The summed E-state index contributed by atoms with van der Waals surface area (Å²) in [6.07, 6.45) is 8.18. The van der Waals surface area contributed by atoms with Crippen LogP contribution >= 0.6 is 0 Å². The molecule has 0 amide bonds. The minimum atomic E-state index is 0. The van der Waals surface area contributed by atoms with Gasteiger partial charge in [-0.25, -0.2) is 6.07 Å². The Balaban J connectivity index is 0.000000275. The van der Waals surface area contributed by atoms with Crippen LogP contribution in [0.5, 0.6) is 0 Å². The zero-order valence-corrected chi connectivity index (χ0v) is 27.6. The van der Waals surface area contributed by atoms with Crippen molar-refractivity contribution in [2.45, 2.75) is 0 Å². The molecular formula is C34H21BIrN5Y-4. The van der Waals surface area contributed by atoms with Gasteiger partial charge in [0.2, 0.25) is 0 Å². The summed E-state index contributed by atoms with van der Waals surface area (Å²) in [6.45, 7) is 0. The van der Waals surface area contributed by atoms with Crippen molar-refractivity contribution < 1.29 is 52.8 Å². The van der Waals surface area contributed by atoms with Crippen LogP contribution in [0.25, 0.3) is 50.6 Å². The van der Waals surface area contributed by atoms with Crippen molar-refractivity contribution >= 4 is 19.4 Å². The third kappa shape index (κ3) is 7.61. The smallest absolute Gasteiger partial charge is 0.0748 e. The van der Waals surface area contributed by atoms with Gasteiger partial charge in [-0.2, -0.15) is 5.56 Å². The first-order valence-corrected chi connectivity index (χ1v) is 12.4. The molecule has 0 atom stereocenters. The molecule has 0 aliphatic rings. The van der Waals surface area contributed by atoms with Gasteiger partial charge in [-0.3, -0.25) is 33.2 Å². The molecule has 0 saturated carbocycles. The molecule has 0 saturated heterocycles. The number of aromatic nitrogens is 5. The van der Waals surface area contributed by atoms with Gasteiger partial charge in [0.15, 0.2) is 0 Å². The molecule has 4 aromatic carbocycles. The number of benzene rings is 4. The number of para-hydroxylation sites is 3. The topological polar surface area (TPSA) is 56.5 Å². The van der Waals surface area contributed by atoms with Gasteiger partial charge in [0.05, 0.1) is 16.9 Å². The SMILES string of the molecule is [B].[Ir].[Y].[c-]1ccc(-c2[c-]nccc2)[c-]c1-c1nc2ccccc2n1-c1ccccc1.[c-]1ccccc1-c1ncccn1. The largest absolute Gasteiger partial charge is 0.374 e. The van der Waals surface area contributed by atoms with E-state index in [9.17, 15) is 0 Å². The Morgan fingerprint density at radius 2 is 1.36 bits per heavy atom. The predicted molar refractivity (Wildman–Crippen MR) is 158 cm³/mol. The quantitative estimate of drug-likeness (QED) is 0.147. The van der Waals surface area contributed by atoms with E-state index in [1.807, 2.05) is 84.9 Å². The van der Waals surface area contributed by atoms with Crippen LogP contribution in [0.2, 0.25) is 0 Å². The van der Waals surface area contributed by atoms with Crippen molar-refractivity contribution in [3.63, 3.8) is 0 Å². The molecule has 0 spiro atoms. The van der Waals surface area contributed by atoms with E-state index in [1.54, 1.807) is 24.7 Å². The third-order valence-corrected chi connectivity index (χ3v) is 5.95. The maximum Gasteiger partial charge on any atom is 0.0748 e. The molecule has 5 radical (unpaired) electrons. The van der Waals surface area contributed by atoms with E-state index in [2.05, 4.69) is 62.1 Å². The van der Waals surface area contributed by atoms with Gasteiger partial charge < -0.3 is 20.6 Å². The summed E-state index contributed by atoms with van der Waals surface area (Å²) in [5, 5.41) is 0. The number of hydrogen-bond acceptors (Lipinski definition) is 4. The number of rotatable bonds is 4. The summed E-state index contributed by atoms with van der Waals surface area (Å²) < 4.78 is 2.15. The van der Waals surface area contributed by atoms with Crippen LogP contribution in [0, 0.1) is 24.4 Å². The van der Waals surface area contributed by atoms with Crippen LogP contribution in [0.1, 0.15) is 0 Å². The van der Waals surface area contributed by atoms with Gasteiger partial charge in [-0.1, -0.05) is 36.5 Å². The Morgan fingerprint density at radius 3 is 2.10 bits per heavy atom. The molecule has 8 heteroatoms. The second-order valence-electron chi connectivity index (χ2n) is 8.50. The number of fused-ring (bicyclic) bond motifs is 1. The zero-order chi connectivity index (χ0) is 26.3. The number of nitrogens with zero attached hydrogens (tertiary/aromatic N) is 5. The van der Waals surface area contributed by atoms with Crippen LogP contribution in [0.3, 0.4) is 0 Å². The number of pyridine rings is 1. The van der Waals surface area contributed by atoms with Crippen LogP contribution in [-0.2, 0) is 52.8 Å². The van der Waals surface area contributed by atoms with Crippen LogP contribution in [-0.4, -0.2) is 32.9 Å². The van der Waals surface area contributed by atoms with E-state index in [0.717, 1.165) is 50.6 Å². The van der Waals surface area contributed by atoms with Crippen molar-refractivity contribution in [3.8, 4) is 39.6 Å². The molecule has 3 aromatic heterocycles. The first-order valence-electron chi connectivity index (χ1n) is 12.4. The fourth-order valence-corrected chi connectivity index (χ4v) is 4.18. The fourth-order valence-electron chi connectivity index (χ4n) is 4.18. The van der Waals surface area contributed by atoms with Gasteiger partial charge in [0, 0.05) is 79.3 Å². The van der Waals surface area contributed by atoms with Crippen molar-refractivity contribution in [1.82, 2.24) is 24.5 Å². The van der Waals surface area contributed by atoms with Crippen LogP contribution < -0.4 is 0 Å². The first-order chi connectivity index (χ1) is 19.4. The van der Waals surface area contributed by atoms with Gasteiger partial charge in [-0.05, 0) is 42.4 Å². The molecular weight excluding hydrogens is 770 g/mol. The number of hydrogen-bond donors (Lipinski definition) is 0. The summed E-state index contributed by atoms with van der Waals surface area (Å²) in [7, 11) is 0. The third-order valence-electron chi connectivity index (χ3n) is 5.95. The summed E-state index contributed by atoms with van der Waals surface area (Å²) in [4.78, 5) is 17.2. The van der Waals surface area contributed by atoms with Gasteiger partial charge in [0.25, 0.3) is 0 Å². The molecule has 0 fully saturated rings. The minimum absolute atomic E-state index is 0. The molecule has 3 heterocycles. The minimum Gasteiger partial charge on any atom is -0.374 e. The summed E-state index contributed by atoms with van der Waals surface area (Å²) >= 11 is 0. The second-order valence-corrected chi connectivity index (χ2v) is 8.50. The van der Waals surface area contributed by atoms with E-state index < -0.39 is 0 Å². The van der Waals surface area contributed by atoms with Crippen LogP contribution in [0.15, 0.2) is 128 Å². The van der Waals surface area contributed by atoms with Crippen LogP contribution in [0.4, 0.5) is 0 Å². The molecule has 0 unspecified atom stereocenters. The molecule has 42 heavy (non-hydrogen) atoms. The van der Waals surface area contributed by atoms with Crippen molar-refractivity contribution in [3.05, 3.63) is 152 Å². The average Bonchev–Trinajstić information content (AvgIpc) is 3.43. The molecule has 0 aliphatic heterocycles. The molecule has 0 bridgehead atoms. The summed E-state index contributed by atoms with van der Waals surface area (Å²) in [5.41, 5.74) is 6.61. The van der Waals surface area contributed by atoms with Gasteiger partial charge in [0.1, 0.15) is 0 Å². The molecule has 0 N–H and O–H groups in total. The summed E-state index contributed by atoms with van der Waals surface area (Å²) in [6, 6.07) is 45.4. The Labute approximate surface area is 286 Å². The molecule has 201 valence electrons. The normalized spacial score (nSPS) is 9.81. The van der Waals surface area contributed by atoms with Crippen molar-refractivity contribution in [1.29, 1.82) is 0 Å². The van der Waals surface area contributed by atoms with E-state index in [4.69, 9.17) is 4.98 Å². The first kappa shape index (κ1) is 32.9. The predicted octanol–water partition coefficient (Wildman–Crippen LogP) is 6.71. The molecule has 7 aromatic rings. The van der Waals surface area contributed by atoms with Crippen molar-refractivity contribution in [2.75, 3.05) is 0 Å². The molecule has 0 aliphatic carbocycles. The monoisotopic (exact) mass is 792 g/mol. The Morgan fingerprint density at radius 1 is 0.619 bits per heavy atom. The Bertz CT molecular complexity index is 1760. The van der Waals surface area contributed by atoms with Gasteiger partial charge >= 0.3 is 0 Å². The average molecular weight is 792 g/mol. The number of imidazole rings is 1. The Kier molecular flexibility index (Phi) is 12.6. The van der Waals surface area contributed by atoms with Crippen molar-refractivity contribution in [2.24, 2.45) is 0 Å². The fraction of sp³-hybridized carbons (Fsp3) is 0. The molecule has 7 rings (SSSR count). The Hall–Kier alpha value is -3.60. The second kappa shape index (κ2) is 16.1. The standard InChI is InChI=1S/C24H14N3.C10H7N2.B.Ir.Y/c1-2-11-21(12-3-1)27-23-14-5-4-13-22(23)26-24(27)19-9-6-8-18(16-19)20-10-7-15-25-17-20;1-2-5-9(6-3-1)10-11-7-4-8-12-10;;;/h1-8,10-15H;1-5,7-8H;;;/q-3;-1;;;. The zero-order valence-electron chi connectivity index (χ0n) is 22.3. The van der Waals surface area contributed by atoms with E-state index in [1.165, 1.54) is 0 Å². The van der Waals surface area contributed by atoms with E-state index in [-0.39, 0.29) is 61.2 Å². The van der Waals surface area contributed by atoms with Gasteiger partial charge in [-0.15, -0.1) is 48.0 Å². The molecule has 5 nitrogen and oxygen atoms in total. The maximum absolute atomic E-state index is 4.87. The maximum atomic E-state index is 4.87.